The molecule has 9 heteroatoms. The van der Waals surface area contributed by atoms with Crippen LogP contribution in [0.5, 0.6) is 0 Å². The van der Waals surface area contributed by atoms with Crippen LogP contribution in [-0.2, 0) is 9.47 Å². The molecule has 0 aromatic carbocycles. The predicted molar refractivity (Wildman–Crippen MR) is 112 cm³/mol. The molecule has 9 nitrogen and oxygen atoms in total. The van der Waals surface area contributed by atoms with E-state index < -0.39 is 17.3 Å². The van der Waals surface area contributed by atoms with E-state index in [2.05, 4.69) is 10.3 Å². The van der Waals surface area contributed by atoms with Gasteiger partial charge in [0.1, 0.15) is 11.2 Å². The average molecular weight is 412 g/mol. The summed E-state index contributed by atoms with van der Waals surface area (Å²) in [7, 11) is 0. The van der Waals surface area contributed by atoms with Gasteiger partial charge < -0.3 is 30.3 Å². The molecule has 0 bridgehead atoms. The fourth-order valence-corrected chi connectivity index (χ4v) is 3.01. The second kappa shape index (κ2) is 9.09. The molecule has 1 heterocycles. The Morgan fingerprint density at radius 3 is 2.00 bits per heavy atom. The molecule has 1 atom stereocenters. The molecular formula is C20H37N5O4. The van der Waals surface area contributed by atoms with Crippen LogP contribution in [-0.4, -0.2) is 77.9 Å². The predicted octanol–water partition coefficient (Wildman–Crippen LogP) is 2.16. The maximum Gasteiger partial charge on any atom is 0.410 e. The molecule has 1 aliphatic carbocycles. The third kappa shape index (κ3) is 8.37. The van der Waals surface area contributed by atoms with Crippen LogP contribution in [0.1, 0.15) is 54.4 Å². The Kier molecular flexibility index (Phi) is 7.24. The van der Waals surface area contributed by atoms with Crippen LogP contribution in [0.25, 0.3) is 0 Å². The Bertz CT molecular complexity index is 611. The number of piperazine rings is 1. The standard InChI is InChI=1S/C20H37N5O4/c1-19(2,3)28-17(26)23-15(14-7-8-14)13-22-16(21)24-9-11-25(12-10-24)18(27)29-20(4,5)6/h14-15H,7-13H2,1-6H3,(H2,21,22)(H,23,26). The van der Waals surface area contributed by atoms with Crippen molar-refractivity contribution in [2.24, 2.45) is 16.6 Å². The van der Waals surface area contributed by atoms with Gasteiger partial charge >= 0.3 is 12.2 Å². The molecule has 3 N–H and O–H groups in total. The van der Waals surface area contributed by atoms with Crippen LogP contribution in [0, 0.1) is 5.92 Å². The Morgan fingerprint density at radius 1 is 1.00 bits per heavy atom. The fraction of sp³-hybridized carbons (Fsp3) is 0.850. The van der Waals surface area contributed by atoms with E-state index in [1.54, 1.807) is 4.90 Å². The fourth-order valence-electron chi connectivity index (χ4n) is 3.01. The summed E-state index contributed by atoms with van der Waals surface area (Å²) in [6.07, 6.45) is 1.42. The minimum atomic E-state index is -0.533. The van der Waals surface area contributed by atoms with Crippen molar-refractivity contribution in [3.8, 4) is 0 Å². The molecule has 1 aliphatic heterocycles. The minimum Gasteiger partial charge on any atom is -0.444 e. The number of amides is 2. The van der Waals surface area contributed by atoms with Gasteiger partial charge in [-0.25, -0.2) is 9.59 Å². The van der Waals surface area contributed by atoms with Gasteiger partial charge in [0.25, 0.3) is 0 Å². The van der Waals surface area contributed by atoms with Crippen LogP contribution in [0.4, 0.5) is 9.59 Å². The molecule has 2 rings (SSSR count). The molecule has 0 radical (unpaired) electrons. The number of nitrogens with two attached hydrogens (primary N) is 1. The first kappa shape index (κ1) is 23.1. The summed E-state index contributed by atoms with van der Waals surface area (Å²) in [6.45, 7) is 13.8. The zero-order chi connectivity index (χ0) is 21.8. The number of hydrogen-bond donors (Lipinski definition) is 2. The van der Waals surface area contributed by atoms with E-state index in [0.29, 0.717) is 44.6 Å². The smallest absolute Gasteiger partial charge is 0.410 e. The second-order valence-corrected chi connectivity index (χ2v) is 9.74. The third-order valence-corrected chi connectivity index (χ3v) is 4.60. The van der Waals surface area contributed by atoms with Crippen LogP contribution < -0.4 is 11.1 Å². The number of alkyl carbamates (subject to hydrolysis) is 1. The molecule has 29 heavy (non-hydrogen) atoms. The number of carbonyl (C=O) groups is 2. The highest BCUT2D eigenvalue weighted by atomic mass is 16.6. The molecular weight excluding hydrogens is 374 g/mol. The van der Waals surface area contributed by atoms with Gasteiger partial charge in [-0.15, -0.1) is 0 Å². The average Bonchev–Trinajstić information content (AvgIpc) is 3.40. The van der Waals surface area contributed by atoms with Crippen LogP contribution in [0.15, 0.2) is 4.99 Å². The third-order valence-electron chi connectivity index (χ3n) is 4.60. The first-order chi connectivity index (χ1) is 13.3. The number of guanidine groups is 1. The molecule has 2 amide bonds. The van der Waals surface area contributed by atoms with E-state index >= 15 is 0 Å². The highest BCUT2D eigenvalue weighted by molar-refractivity contribution is 5.78. The highest BCUT2D eigenvalue weighted by Gasteiger charge is 2.33. The molecule has 0 aromatic rings. The Morgan fingerprint density at radius 2 is 1.52 bits per heavy atom. The van der Waals surface area contributed by atoms with Crippen molar-refractivity contribution in [2.75, 3.05) is 32.7 Å². The lowest BCUT2D eigenvalue weighted by Gasteiger charge is -2.36. The van der Waals surface area contributed by atoms with Crippen molar-refractivity contribution in [3.63, 3.8) is 0 Å². The first-order valence-corrected chi connectivity index (χ1v) is 10.4. The first-order valence-electron chi connectivity index (χ1n) is 10.4. The molecule has 2 aliphatic rings. The molecule has 0 spiro atoms. The minimum absolute atomic E-state index is 0.0774. The Balaban J connectivity index is 1.82. The second-order valence-electron chi connectivity index (χ2n) is 9.74. The molecule has 1 unspecified atom stereocenters. The number of nitrogens with one attached hydrogen (secondary N) is 1. The maximum atomic E-state index is 12.2. The molecule has 1 saturated carbocycles. The number of hydrogen-bond acceptors (Lipinski definition) is 5. The largest absolute Gasteiger partial charge is 0.444 e. The summed E-state index contributed by atoms with van der Waals surface area (Å²) in [6, 6.07) is -0.0774. The molecule has 0 aromatic heterocycles. The zero-order valence-electron chi connectivity index (χ0n) is 18.7. The number of carbonyl (C=O) groups excluding carboxylic acids is 2. The van der Waals surface area contributed by atoms with Crippen molar-refractivity contribution in [1.82, 2.24) is 15.1 Å². The van der Waals surface area contributed by atoms with E-state index in [1.165, 1.54) is 0 Å². The quantitative estimate of drug-likeness (QED) is 0.542. The van der Waals surface area contributed by atoms with E-state index in [4.69, 9.17) is 15.2 Å². The van der Waals surface area contributed by atoms with Crippen LogP contribution in [0.3, 0.4) is 0 Å². The van der Waals surface area contributed by atoms with Crippen molar-refractivity contribution in [1.29, 1.82) is 0 Å². The van der Waals surface area contributed by atoms with E-state index in [1.807, 2.05) is 46.4 Å². The maximum absolute atomic E-state index is 12.2. The summed E-state index contributed by atoms with van der Waals surface area (Å²) in [5.74, 6) is 0.855. The molecule has 1 saturated heterocycles. The van der Waals surface area contributed by atoms with E-state index in [0.717, 1.165) is 12.8 Å². The van der Waals surface area contributed by atoms with E-state index in [9.17, 15) is 9.59 Å². The number of ether oxygens (including phenoxy) is 2. The van der Waals surface area contributed by atoms with E-state index in [-0.39, 0.29) is 12.1 Å². The van der Waals surface area contributed by atoms with Crippen molar-refractivity contribution in [2.45, 2.75) is 71.6 Å². The number of aliphatic imine (C=N–C) groups is 1. The lowest BCUT2D eigenvalue weighted by Crippen LogP contribution is -2.53. The van der Waals surface area contributed by atoms with Crippen molar-refractivity contribution < 1.29 is 19.1 Å². The summed E-state index contributed by atoms with van der Waals surface area (Å²) in [5, 5.41) is 2.93. The number of rotatable bonds is 4. The summed E-state index contributed by atoms with van der Waals surface area (Å²) < 4.78 is 10.8. The van der Waals surface area contributed by atoms with Crippen molar-refractivity contribution >= 4 is 18.1 Å². The van der Waals surface area contributed by atoms with Crippen molar-refractivity contribution in [3.05, 3.63) is 0 Å². The van der Waals surface area contributed by atoms with Gasteiger partial charge in [0.05, 0.1) is 12.6 Å². The molecule has 166 valence electrons. The van der Waals surface area contributed by atoms with Gasteiger partial charge in [0.15, 0.2) is 5.96 Å². The monoisotopic (exact) mass is 411 g/mol. The van der Waals surface area contributed by atoms with Gasteiger partial charge in [-0.1, -0.05) is 0 Å². The van der Waals surface area contributed by atoms with Gasteiger partial charge in [0, 0.05) is 26.2 Å². The number of nitrogens with zero attached hydrogens (tertiary/aromatic N) is 3. The Hall–Kier alpha value is -2.19. The lowest BCUT2D eigenvalue weighted by atomic mass is 10.2. The SMILES string of the molecule is CC(C)(C)OC(=O)NC(CN=C(N)N1CCN(C(=O)OC(C)(C)C)CC1)C1CC1. The van der Waals surface area contributed by atoms with Gasteiger partial charge in [-0.3, -0.25) is 4.99 Å². The summed E-state index contributed by atoms with van der Waals surface area (Å²) >= 11 is 0. The normalized spacial score (nSPS) is 19.6. The van der Waals surface area contributed by atoms with Crippen LogP contribution in [0.2, 0.25) is 0 Å². The zero-order valence-corrected chi connectivity index (χ0v) is 18.7. The van der Waals surface area contributed by atoms with Gasteiger partial charge in [0.2, 0.25) is 0 Å². The summed E-state index contributed by atoms with van der Waals surface area (Å²) in [5.41, 5.74) is 5.13. The Labute approximate surface area is 174 Å². The van der Waals surface area contributed by atoms with Crippen LogP contribution >= 0.6 is 0 Å². The van der Waals surface area contributed by atoms with Gasteiger partial charge in [-0.2, -0.15) is 0 Å². The summed E-state index contributed by atoms with van der Waals surface area (Å²) in [4.78, 5) is 32.4. The molecule has 2 fully saturated rings. The highest BCUT2D eigenvalue weighted by Crippen LogP contribution is 2.33. The lowest BCUT2D eigenvalue weighted by molar-refractivity contribution is 0.0186. The topological polar surface area (TPSA) is 109 Å². The van der Waals surface area contributed by atoms with Gasteiger partial charge in [-0.05, 0) is 60.3 Å².